The molecular weight excluding hydrogens is 246 g/mol. The van der Waals surface area contributed by atoms with Crippen LogP contribution in [0.1, 0.15) is 10.5 Å². The highest BCUT2D eigenvalue weighted by atomic mass is 32.2. The van der Waals surface area contributed by atoms with Crippen LogP contribution in [-0.4, -0.2) is 17.1 Å². The summed E-state index contributed by atoms with van der Waals surface area (Å²) in [5.41, 5.74) is 7.14. The van der Waals surface area contributed by atoms with Crippen LogP contribution < -0.4 is 11.1 Å². The van der Waals surface area contributed by atoms with Crippen LogP contribution in [0.2, 0.25) is 0 Å². The van der Waals surface area contributed by atoms with Gasteiger partial charge in [0.05, 0.1) is 11.9 Å². The molecular formula is C13H13N3OS. The number of nitrogen functional groups attached to an aromatic ring is 1. The van der Waals surface area contributed by atoms with Crippen LogP contribution in [0.3, 0.4) is 0 Å². The average Bonchev–Trinajstić information content (AvgIpc) is 2.40. The standard InChI is InChI=1S/C13H13N3OS/c1-18-11-5-3-10(4-6-11)16-13(17)12-7-2-9(14)8-15-12/h2-8H,14H2,1H3,(H,16,17). The number of hydrogen-bond donors (Lipinski definition) is 2. The SMILES string of the molecule is CSc1ccc(NC(=O)c2ccc(N)cn2)cc1. The largest absolute Gasteiger partial charge is 0.397 e. The maximum absolute atomic E-state index is 11.9. The number of amides is 1. The molecule has 0 atom stereocenters. The van der Waals surface area contributed by atoms with E-state index in [9.17, 15) is 4.79 Å². The third-order valence-corrected chi connectivity index (χ3v) is 3.11. The molecule has 3 N–H and O–H groups in total. The second kappa shape index (κ2) is 5.55. The average molecular weight is 259 g/mol. The zero-order valence-corrected chi connectivity index (χ0v) is 10.7. The Morgan fingerprint density at radius 1 is 1.22 bits per heavy atom. The lowest BCUT2D eigenvalue weighted by atomic mass is 10.3. The number of rotatable bonds is 3. The molecule has 0 aliphatic carbocycles. The predicted molar refractivity (Wildman–Crippen MR) is 74.8 cm³/mol. The second-order valence-corrected chi connectivity index (χ2v) is 4.54. The van der Waals surface area contributed by atoms with Gasteiger partial charge in [0.2, 0.25) is 0 Å². The van der Waals surface area contributed by atoms with Crippen molar-refractivity contribution >= 4 is 29.0 Å². The van der Waals surface area contributed by atoms with Crippen LogP contribution in [0.25, 0.3) is 0 Å². The Balaban J connectivity index is 2.08. The minimum atomic E-state index is -0.244. The van der Waals surface area contributed by atoms with Gasteiger partial charge in [0.25, 0.3) is 5.91 Å². The monoisotopic (exact) mass is 259 g/mol. The maximum atomic E-state index is 11.9. The second-order valence-electron chi connectivity index (χ2n) is 3.66. The van der Waals surface area contributed by atoms with Gasteiger partial charge in [-0.1, -0.05) is 0 Å². The first kappa shape index (κ1) is 12.4. The van der Waals surface area contributed by atoms with Gasteiger partial charge in [0, 0.05) is 10.6 Å². The zero-order valence-electron chi connectivity index (χ0n) is 9.88. The van der Waals surface area contributed by atoms with E-state index in [0.717, 1.165) is 10.6 Å². The maximum Gasteiger partial charge on any atom is 0.274 e. The molecule has 4 nitrogen and oxygen atoms in total. The molecule has 0 aliphatic rings. The molecule has 2 aromatic rings. The molecule has 1 aromatic carbocycles. The normalized spacial score (nSPS) is 10.1. The highest BCUT2D eigenvalue weighted by molar-refractivity contribution is 7.98. The number of aromatic nitrogens is 1. The van der Waals surface area contributed by atoms with Gasteiger partial charge in [0.15, 0.2) is 0 Å². The minimum Gasteiger partial charge on any atom is -0.397 e. The number of carbonyl (C=O) groups excluding carboxylic acids is 1. The van der Waals surface area contributed by atoms with Crippen molar-refractivity contribution in [1.29, 1.82) is 0 Å². The van der Waals surface area contributed by atoms with Crippen molar-refractivity contribution < 1.29 is 4.79 Å². The molecule has 0 bridgehead atoms. The number of pyridine rings is 1. The van der Waals surface area contributed by atoms with E-state index in [1.165, 1.54) is 6.20 Å². The highest BCUT2D eigenvalue weighted by Gasteiger charge is 2.06. The van der Waals surface area contributed by atoms with Crippen molar-refractivity contribution in [3.8, 4) is 0 Å². The van der Waals surface area contributed by atoms with E-state index < -0.39 is 0 Å². The summed E-state index contributed by atoms with van der Waals surface area (Å²) >= 11 is 1.66. The van der Waals surface area contributed by atoms with Gasteiger partial charge in [-0.25, -0.2) is 4.98 Å². The van der Waals surface area contributed by atoms with Gasteiger partial charge >= 0.3 is 0 Å². The Kier molecular flexibility index (Phi) is 3.84. The van der Waals surface area contributed by atoms with Crippen LogP contribution in [-0.2, 0) is 0 Å². The summed E-state index contributed by atoms with van der Waals surface area (Å²) in [6.45, 7) is 0. The Bertz CT molecular complexity index is 537. The Morgan fingerprint density at radius 3 is 2.50 bits per heavy atom. The molecule has 0 aliphatic heterocycles. The lowest BCUT2D eigenvalue weighted by Gasteiger charge is -2.05. The van der Waals surface area contributed by atoms with E-state index in [0.29, 0.717) is 11.4 Å². The quantitative estimate of drug-likeness (QED) is 0.831. The molecule has 2 rings (SSSR count). The fourth-order valence-electron chi connectivity index (χ4n) is 1.41. The summed E-state index contributed by atoms with van der Waals surface area (Å²) in [5, 5.41) is 2.78. The fourth-order valence-corrected chi connectivity index (χ4v) is 1.82. The number of anilines is 2. The van der Waals surface area contributed by atoms with Gasteiger partial charge in [-0.05, 0) is 42.7 Å². The molecule has 1 heterocycles. The van der Waals surface area contributed by atoms with Crippen LogP contribution in [0.5, 0.6) is 0 Å². The number of nitrogens with two attached hydrogens (primary N) is 1. The highest BCUT2D eigenvalue weighted by Crippen LogP contribution is 2.17. The van der Waals surface area contributed by atoms with E-state index >= 15 is 0 Å². The number of nitrogens with zero attached hydrogens (tertiary/aromatic N) is 1. The van der Waals surface area contributed by atoms with Crippen LogP contribution in [0.15, 0.2) is 47.5 Å². The van der Waals surface area contributed by atoms with E-state index in [-0.39, 0.29) is 5.91 Å². The summed E-state index contributed by atoms with van der Waals surface area (Å²) < 4.78 is 0. The van der Waals surface area contributed by atoms with Crippen molar-refractivity contribution in [2.45, 2.75) is 4.90 Å². The topological polar surface area (TPSA) is 68.0 Å². The van der Waals surface area contributed by atoms with Crippen molar-refractivity contribution in [1.82, 2.24) is 4.98 Å². The van der Waals surface area contributed by atoms with Crippen molar-refractivity contribution in [3.05, 3.63) is 48.3 Å². The Morgan fingerprint density at radius 2 is 1.94 bits per heavy atom. The first-order valence-corrected chi connectivity index (χ1v) is 6.58. The molecule has 0 unspecified atom stereocenters. The summed E-state index contributed by atoms with van der Waals surface area (Å²) in [6, 6.07) is 10.9. The number of carbonyl (C=O) groups is 1. The van der Waals surface area contributed by atoms with Gasteiger partial charge in [-0.15, -0.1) is 11.8 Å². The summed E-state index contributed by atoms with van der Waals surface area (Å²) in [5.74, 6) is -0.244. The van der Waals surface area contributed by atoms with E-state index in [1.54, 1.807) is 23.9 Å². The first-order chi connectivity index (χ1) is 8.69. The van der Waals surface area contributed by atoms with Gasteiger partial charge in [0.1, 0.15) is 5.69 Å². The lowest BCUT2D eigenvalue weighted by Crippen LogP contribution is -2.13. The van der Waals surface area contributed by atoms with Crippen molar-refractivity contribution in [2.75, 3.05) is 17.3 Å². The molecule has 0 radical (unpaired) electrons. The molecule has 92 valence electrons. The third-order valence-electron chi connectivity index (χ3n) is 2.37. The number of benzene rings is 1. The van der Waals surface area contributed by atoms with E-state index in [2.05, 4.69) is 10.3 Å². The van der Waals surface area contributed by atoms with Crippen molar-refractivity contribution in [3.63, 3.8) is 0 Å². The minimum absolute atomic E-state index is 0.244. The van der Waals surface area contributed by atoms with Gasteiger partial charge in [-0.3, -0.25) is 4.79 Å². The summed E-state index contributed by atoms with van der Waals surface area (Å²) in [4.78, 5) is 17.0. The van der Waals surface area contributed by atoms with Gasteiger partial charge < -0.3 is 11.1 Å². The first-order valence-electron chi connectivity index (χ1n) is 5.36. The van der Waals surface area contributed by atoms with E-state index in [4.69, 9.17) is 5.73 Å². The summed E-state index contributed by atoms with van der Waals surface area (Å²) in [6.07, 6.45) is 3.47. The molecule has 5 heteroatoms. The Labute approximate surface area is 110 Å². The number of thioether (sulfide) groups is 1. The number of hydrogen-bond acceptors (Lipinski definition) is 4. The van der Waals surface area contributed by atoms with Crippen LogP contribution in [0.4, 0.5) is 11.4 Å². The molecule has 1 amide bonds. The van der Waals surface area contributed by atoms with Gasteiger partial charge in [-0.2, -0.15) is 0 Å². The number of nitrogens with one attached hydrogen (secondary N) is 1. The lowest BCUT2D eigenvalue weighted by molar-refractivity contribution is 0.102. The van der Waals surface area contributed by atoms with Crippen LogP contribution >= 0.6 is 11.8 Å². The molecule has 1 aromatic heterocycles. The fraction of sp³-hybridized carbons (Fsp3) is 0.0769. The molecule has 0 saturated heterocycles. The molecule has 18 heavy (non-hydrogen) atoms. The van der Waals surface area contributed by atoms with E-state index in [1.807, 2.05) is 30.5 Å². The predicted octanol–water partition coefficient (Wildman–Crippen LogP) is 2.64. The zero-order chi connectivity index (χ0) is 13.0. The molecule has 0 saturated carbocycles. The van der Waals surface area contributed by atoms with Crippen molar-refractivity contribution in [2.24, 2.45) is 0 Å². The Hall–Kier alpha value is -2.01. The molecule has 0 fully saturated rings. The molecule has 0 spiro atoms. The van der Waals surface area contributed by atoms with Crippen LogP contribution in [0, 0.1) is 0 Å². The smallest absolute Gasteiger partial charge is 0.274 e. The summed E-state index contributed by atoms with van der Waals surface area (Å²) in [7, 11) is 0. The third kappa shape index (κ3) is 3.01.